The number of nitrogens with one attached hydrogen (secondary N) is 1. The van der Waals surface area contributed by atoms with Crippen molar-refractivity contribution in [2.24, 2.45) is 0 Å². The van der Waals surface area contributed by atoms with Gasteiger partial charge in [-0.2, -0.15) is 0 Å². The maximum Gasteiger partial charge on any atom is 0.197 e. The summed E-state index contributed by atoms with van der Waals surface area (Å²) >= 11 is 5.12. The van der Waals surface area contributed by atoms with Gasteiger partial charge in [0.05, 0.1) is 5.69 Å². The molecular formula is C15H12N2S. The molecule has 0 saturated heterocycles. The number of benzene rings is 2. The van der Waals surface area contributed by atoms with Gasteiger partial charge in [-0.3, -0.25) is 0 Å². The number of aromatic nitrogens is 2. The second-order valence-electron chi connectivity index (χ2n) is 4.32. The molecule has 2 nitrogen and oxygen atoms in total. The molecule has 2 aromatic carbocycles. The Balaban J connectivity index is 2.22. The fourth-order valence-corrected chi connectivity index (χ4v) is 2.34. The van der Waals surface area contributed by atoms with Gasteiger partial charge in [0.15, 0.2) is 4.77 Å². The maximum atomic E-state index is 5.12. The summed E-state index contributed by atoms with van der Waals surface area (Å²) in [4.78, 5) is 7.39. The molecule has 1 N–H and O–H groups in total. The summed E-state index contributed by atoms with van der Waals surface area (Å²) in [5.41, 5.74) is 3.04. The highest BCUT2D eigenvalue weighted by atomic mass is 32.1. The van der Waals surface area contributed by atoms with Gasteiger partial charge in [-0.25, -0.2) is 4.98 Å². The van der Waals surface area contributed by atoms with Crippen molar-refractivity contribution in [1.29, 1.82) is 0 Å². The van der Waals surface area contributed by atoms with Gasteiger partial charge in [-0.1, -0.05) is 36.4 Å². The summed E-state index contributed by atoms with van der Waals surface area (Å²) < 4.78 is 0.526. The molecule has 1 aromatic heterocycles. The van der Waals surface area contributed by atoms with Gasteiger partial charge < -0.3 is 4.98 Å². The van der Waals surface area contributed by atoms with Gasteiger partial charge in [0.1, 0.15) is 0 Å². The molecule has 0 bridgehead atoms. The molecule has 0 aliphatic rings. The zero-order chi connectivity index (χ0) is 12.5. The number of aromatic amines is 1. The van der Waals surface area contributed by atoms with E-state index in [0.717, 1.165) is 17.0 Å². The smallest absolute Gasteiger partial charge is 0.197 e. The molecule has 1 heterocycles. The summed E-state index contributed by atoms with van der Waals surface area (Å²) in [7, 11) is 0. The van der Waals surface area contributed by atoms with E-state index in [0.29, 0.717) is 4.77 Å². The number of hydrogen-bond donors (Lipinski definition) is 1. The lowest BCUT2D eigenvalue weighted by atomic mass is 10.0. The summed E-state index contributed by atoms with van der Waals surface area (Å²) in [6.45, 7) is 1.99. The topological polar surface area (TPSA) is 28.7 Å². The molecule has 3 aromatic rings. The Bertz CT molecular complexity index is 775. The fraction of sp³-hybridized carbons (Fsp3) is 0.0667. The zero-order valence-electron chi connectivity index (χ0n) is 9.97. The number of aryl methyl sites for hydroxylation is 1. The van der Waals surface area contributed by atoms with Crippen LogP contribution in [0.2, 0.25) is 0 Å². The van der Waals surface area contributed by atoms with Crippen LogP contribution < -0.4 is 0 Å². The van der Waals surface area contributed by atoms with Crippen molar-refractivity contribution in [2.45, 2.75) is 6.92 Å². The number of fused-ring (bicyclic) bond motifs is 1. The Morgan fingerprint density at radius 2 is 1.78 bits per heavy atom. The first-order chi connectivity index (χ1) is 8.72. The third kappa shape index (κ3) is 2.05. The summed E-state index contributed by atoms with van der Waals surface area (Å²) in [5.74, 6) is 0. The number of H-pyrrole nitrogens is 1. The average Bonchev–Trinajstić information content (AvgIpc) is 2.37. The molecule has 88 valence electrons. The highest BCUT2D eigenvalue weighted by Crippen LogP contribution is 2.23. The Morgan fingerprint density at radius 3 is 2.56 bits per heavy atom. The van der Waals surface area contributed by atoms with Crippen LogP contribution in [0.1, 0.15) is 5.69 Å². The molecule has 0 saturated carbocycles. The average molecular weight is 252 g/mol. The normalized spacial score (nSPS) is 10.7. The molecule has 0 amide bonds. The molecule has 0 spiro atoms. The van der Waals surface area contributed by atoms with Crippen molar-refractivity contribution in [3.8, 4) is 11.3 Å². The molecule has 3 heteroatoms. The van der Waals surface area contributed by atoms with Crippen molar-refractivity contribution >= 4 is 23.0 Å². The molecule has 3 rings (SSSR count). The third-order valence-electron chi connectivity index (χ3n) is 2.92. The monoisotopic (exact) mass is 252 g/mol. The molecule has 0 unspecified atom stereocenters. The van der Waals surface area contributed by atoms with Gasteiger partial charge in [0.2, 0.25) is 0 Å². The lowest BCUT2D eigenvalue weighted by molar-refractivity contribution is 1.08. The standard InChI is InChI=1S/C15H12N2S/c1-10-8-14(17-15(18)16-10)13-7-6-11-4-2-3-5-12(11)9-13/h2-9H,1H3,(H,16,17,18). The van der Waals surface area contributed by atoms with Crippen LogP contribution >= 0.6 is 12.2 Å². The minimum atomic E-state index is 0.526. The van der Waals surface area contributed by atoms with Crippen LogP contribution in [-0.4, -0.2) is 9.97 Å². The first-order valence-electron chi connectivity index (χ1n) is 5.79. The van der Waals surface area contributed by atoms with Crippen molar-refractivity contribution in [3.05, 3.63) is 59.0 Å². The van der Waals surface area contributed by atoms with E-state index in [1.165, 1.54) is 10.8 Å². The second kappa shape index (κ2) is 4.35. The highest BCUT2D eigenvalue weighted by molar-refractivity contribution is 7.71. The Labute approximate surface area is 110 Å². The van der Waals surface area contributed by atoms with Gasteiger partial charge in [0.25, 0.3) is 0 Å². The van der Waals surface area contributed by atoms with Crippen LogP contribution in [0.5, 0.6) is 0 Å². The quantitative estimate of drug-likeness (QED) is 0.655. The molecular weight excluding hydrogens is 240 g/mol. The van der Waals surface area contributed by atoms with Gasteiger partial charge in [-0.15, -0.1) is 0 Å². The summed E-state index contributed by atoms with van der Waals surface area (Å²) in [6, 6.07) is 16.7. The maximum absolute atomic E-state index is 5.12. The van der Waals surface area contributed by atoms with Crippen LogP contribution in [0.4, 0.5) is 0 Å². The zero-order valence-corrected chi connectivity index (χ0v) is 10.8. The number of nitrogens with zero attached hydrogens (tertiary/aromatic N) is 1. The number of hydrogen-bond acceptors (Lipinski definition) is 2. The predicted octanol–water partition coefficient (Wildman–Crippen LogP) is 4.27. The van der Waals surface area contributed by atoms with Crippen molar-refractivity contribution < 1.29 is 0 Å². The molecule has 18 heavy (non-hydrogen) atoms. The van der Waals surface area contributed by atoms with Crippen LogP contribution in [-0.2, 0) is 0 Å². The molecule has 0 fully saturated rings. The first-order valence-corrected chi connectivity index (χ1v) is 6.20. The van der Waals surface area contributed by atoms with Crippen LogP contribution in [0, 0.1) is 11.7 Å². The summed E-state index contributed by atoms with van der Waals surface area (Å²) in [5, 5.41) is 2.45. The summed E-state index contributed by atoms with van der Waals surface area (Å²) in [6.07, 6.45) is 0. The lowest BCUT2D eigenvalue weighted by Crippen LogP contribution is -1.90. The van der Waals surface area contributed by atoms with Crippen molar-refractivity contribution in [2.75, 3.05) is 0 Å². The van der Waals surface area contributed by atoms with Crippen molar-refractivity contribution in [1.82, 2.24) is 9.97 Å². The van der Waals surface area contributed by atoms with Crippen LogP contribution in [0.25, 0.3) is 22.0 Å². The SMILES string of the molecule is Cc1cc(-c2ccc3ccccc3c2)nc(=S)[nH]1. The van der Waals surface area contributed by atoms with Gasteiger partial charge >= 0.3 is 0 Å². The Kier molecular flexibility index (Phi) is 2.68. The van der Waals surface area contributed by atoms with E-state index < -0.39 is 0 Å². The van der Waals surface area contributed by atoms with E-state index in [4.69, 9.17) is 12.2 Å². The lowest BCUT2D eigenvalue weighted by Gasteiger charge is -2.04. The minimum absolute atomic E-state index is 0.526. The Hall–Kier alpha value is -2.00. The largest absolute Gasteiger partial charge is 0.335 e. The van der Waals surface area contributed by atoms with Crippen LogP contribution in [0.3, 0.4) is 0 Å². The number of rotatable bonds is 1. The molecule has 0 radical (unpaired) electrons. The Morgan fingerprint density at radius 1 is 1.00 bits per heavy atom. The van der Waals surface area contributed by atoms with E-state index in [9.17, 15) is 0 Å². The van der Waals surface area contributed by atoms with E-state index in [1.807, 2.05) is 25.1 Å². The van der Waals surface area contributed by atoms with E-state index in [2.05, 4.69) is 40.3 Å². The third-order valence-corrected chi connectivity index (χ3v) is 3.12. The second-order valence-corrected chi connectivity index (χ2v) is 4.70. The van der Waals surface area contributed by atoms with Crippen LogP contribution in [0.15, 0.2) is 48.5 Å². The molecule has 0 atom stereocenters. The predicted molar refractivity (Wildman–Crippen MR) is 77.1 cm³/mol. The fourth-order valence-electron chi connectivity index (χ4n) is 2.08. The van der Waals surface area contributed by atoms with Gasteiger partial charge in [-0.05, 0) is 42.0 Å². The minimum Gasteiger partial charge on any atom is -0.335 e. The molecule has 0 aliphatic heterocycles. The highest BCUT2D eigenvalue weighted by Gasteiger charge is 2.02. The molecule has 0 aliphatic carbocycles. The van der Waals surface area contributed by atoms with E-state index >= 15 is 0 Å². The van der Waals surface area contributed by atoms with Crippen molar-refractivity contribution in [3.63, 3.8) is 0 Å². The first kappa shape index (κ1) is 11.1. The van der Waals surface area contributed by atoms with Gasteiger partial charge in [0, 0.05) is 11.3 Å². The van der Waals surface area contributed by atoms with E-state index in [1.54, 1.807) is 0 Å². The van der Waals surface area contributed by atoms with E-state index in [-0.39, 0.29) is 0 Å².